The van der Waals surface area contributed by atoms with Crippen molar-refractivity contribution in [1.82, 2.24) is 0 Å². The lowest BCUT2D eigenvalue weighted by Gasteiger charge is -2.43. The van der Waals surface area contributed by atoms with Crippen molar-refractivity contribution >= 4 is 5.97 Å². The highest BCUT2D eigenvalue weighted by atomic mass is 16.8. The van der Waals surface area contributed by atoms with E-state index in [4.69, 9.17) is 18.9 Å². The molecule has 0 spiro atoms. The fourth-order valence-electron chi connectivity index (χ4n) is 3.74. The average molecular weight is 468 g/mol. The van der Waals surface area contributed by atoms with Crippen molar-refractivity contribution in [1.29, 1.82) is 0 Å². The maximum atomic E-state index is 11.9. The Morgan fingerprint density at radius 3 is 2.19 bits per heavy atom. The molecule has 7 N–H and O–H groups in total. The Bertz CT molecular complexity index is 577. The van der Waals surface area contributed by atoms with Crippen molar-refractivity contribution < 1.29 is 59.5 Å². The third-order valence-electron chi connectivity index (χ3n) is 5.78. The van der Waals surface area contributed by atoms with Crippen LogP contribution in [0.1, 0.15) is 45.4 Å². The standard InChI is InChI=1S/C20H36O12/c1-2-3-4-5-6-7-13(23)29-9-12-14(24)16(26)17(27)19(30-12)32-20(10-22)18(28)15(25)11(8-21)31-20/h11-12,14-19,21-22,24-28H,2-10H2,1H3/t11-,12+,14-,15+,16+,17-,18-,19-,20+/m1/s1. The molecule has 2 aliphatic rings. The smallest absolute Gasteiger partial charge is 0.305 e. The van der Waals surface area contributed by atoms with Gasteiger partial charge in [-0.25, -0.2) is 0 Å². The van der Waals surface area contributed by atoms with Gasteiger partial charge in [0.1, 0.15) is 55.9 Å². The van der Waals surface area contributed by atoms with Crippen LogP contribution in [0.2, 0.25) is 0 Å². The zero-order chi connectivity index (χ0) is 23.9. The number of carbonyl (C=O) groups is 1. The lowest BCUT2D eigenvalue weighted by molar-refractivity contribution is -0.383. The molecule has 0 unspecified atom stereocenters. The molecule has 32 heavy (non-hydrogen) atoms. The summed E-state index contributed by atoms with van der Waals surface area (Å²) in [6.45, 7) is -0.0163. The Balaban J connectivity index is 1.96. The number of hydrogen-bond acceptors (Lipinski definition) is 12. The van der Waals surface area contributed by atoms with E-state index in [2.05, 4.69) is 6.92 Å². The van der Waals surface area contributed by atoms with Gasteiger partial charge in [0.15, 0.2) is 6.29 Å². The van der Waals surface area contributed by atoms with Gasteiger partial charge in [-0.2, -0.15) is 0 Å². The number of esters is 1. The Morgan fingerprint density at radius 1 is 0.906 bits per heavy atom. The number of carbonyl (C=O) groups excluding carboxylic acids is 1. The van der Waals surface area contributed by atoms with Crippen molar-refractivity contribution in [2.24, 2.45) is 0 Å². The zero-order valence-electron chi connectivity index (χ0n) is 18.2. The second-order valence-corrected chi connectivity index (χ2v) is 8.22. The molecule has 9 atom stereocenters. The molecule has 0 aliphatic carbocycles. The van der Waals surface area contributed by atoms with Gasteiger partial charge in [-0.3, -0.25) is 4.79 Å². The second kappa shape index (κ2) is 12.5. The van der Waals surface area contributed by atoms with Crippen LogP contribution in [0, 0.1) is 0 Å². The van der Waals surface area contributed by atoms with Gasteiger partial charge in [0, 0.05) is 6.42 Å². The number of unbranched alkanes of at least 4 members (excludes halogenated alkanes) is 4. The van der Waals surface area contributed by atoms with Crippen LogP contribution < -0.4 is 0 Å². The molecule has 0 saturated carbocycles. The summed E-state index contributed by atoms with van der Waals surface area (Å²) in [5.41, 5.74) is 0. The van der Waals surface area contributed by atoms with E-state index in [0.717, 1.165) is 25.7 Å². The summed E-state index contributed by atoms with van der Waals surface area (Å²) in [6.07, 6.45) is -7.98. The van der Waals surface area contributed by atoms with E-state index in [1.165, 1.54) is 0 Å². The maximum absolute atomic E-state index is 11.9. The first-order chi connectivity index (χ1) is 15.2. The first kappa shape index (κ1) is 27.3. The van der Waals surface area contributed by atoms with E-state index in [-0.39, 0.29) is 6.42 Å². The number of ether oxygens (including phenoxy) is 4. The van der Waals surface area contributed by atoms with E-state index in [0.29, 0.717) is 6.42 Å². The predicted octanol–water partition coefficient (Wildman–Crippen LogP) is -2.48. The highest BCUT2D eigenvalue weighted by molar-refractivity contribution is 5.69. The molecule has 12 nitrogen and oxygen atoms in total. The topological polar surface area (TPSA) is 196 Å². The van der Waals surface area contributed by atoms with Gasteiger partial charge >= 0.3 is 5.97 Å². The number of hydrogen-bond donors (Lipinski definition) is 7. The third-order valence-corrected chi connectivity index (χ3v) is 5.78. The minimum atomic E-state index is -2.26. The van der Waals surface area contributed by atoms with Crippen molar-refractivity contribution in [3.63, 3.8) is 0 Å². The van der Waals surface area contributed by atoms with E-state index in [1.54, 1.807) is 0 Å². The Kier molecular flexibility index (Phi) is 10.7. The summed E-state index contributed by atoms with van der Waals surface area (Å²) in [5.74, 6) is -2.77. The molecule has 12 heteroatoms. The monoisotopic (exact) mass is 468 g/mol. The van der Waals surface area contributed by atoms with Crippen molar-refractivity contribution in [2.45, 2.75) is 100 Å². The van der Waals surface area contributed by atoms with E-state index in [1.807, 2.05) is 0 Å². The first-order valence-electron chi connectivity index (χ1n) is 11.0. The summed E-state index contributed by atoms with van der Waals surface area (Å²) < 4.78 is 21.2. The molecule has 0 radical (unpaired) electrons. The molecule has 0 aromatic heterocycles. The average Bonchev–Trinajstić information content (AvgIpc) is 3.03. The summed E-state index contributed by atoms with van der Waals surface area (Å²) in [7, 11) is 0. The Morgan fingerprint density at radius 2 is 1.59 bits per heavy atom. The zero-order valence-corrected chi connectivity index (χ0v) is 18.2. The van der Waals surface area contributed by atoms with Gasteiger partial charge in [0.25, 0.3) is 0 Å². The fraction of sp³-hybridized carbons (Fsp3) is 0.950. The van der Waals surface area contributed by atoms with Crippen LogP contribution in [-0.2, 0) is 23.7 Å². The largest absolute Gasteiger partial charge is 0.463 e. The number of aliphatic hydroxyl groups excluding tert-OH is 7. The molecule has 0 aromatic carbocycles. The molecule has 0 bridgehead atoms. The number of aliphatic hydroxyl groups is 7. The quantitative estimate of drug-likeness (QED) is 0.118. The van der Waals surface area contributed by atoms with Crippen molar-refractivity contribution in [2.75, 3.05) is 19.8 Å². The van der Waals surface area contributed by atoms with Crippen LogP contribution >= 0.6 is 0 Å². The molecule has 2 saturated heterocycles. The van der Waals surface area contributed by atoms with E-state index < -0.39 is 80.6 Å². The summed E-state index contributed by atoms with van der Waals surface area (Å²) in [5, 5.41) is 69.7. The molecule has 0 aromatic rings. The summed E-state index contributed by atoms with van der Waals surface area (Å²) in [4.78, 5) is 11.9. The van der Waals surface area contributed by atoms with Gasteiger partial charge in [-0.05, 0) is 6.42 Å². The molecule has 0 amide bonds. The fourth-order valence-corrected chi connectivity index (χ4v) is 3.74. The highest BCUT2D eigenvalue weighted by Gasteiger charge is 2.58. The minimum Gasteiger partial charge on any atom is -0.463 e. The lowest BCUT2D eigenvalue weighted by Crippen LogP contribution is -2.62. The van der Waals surface area contributed by atoms with Crippen LogP contribution in [-0.4, -0.2) is 116 Å². The predicted molar refractivity (Wildman–Crippen MR) is 106 cm³/mol. The Hall–Kier alpha value is -0.930. The van der Waals surface area contributed by atoms with Gasteiger partial charge in [-0.15, -0.1) is 0 Å². The van der Waals surface area contributed by atoms with Crippen molar-refractivity contribution in [3.05, 3.63) is 0 Å². The molecule has 2 heterocycles. The van der Waals surface area contributed by atoms with Crippen LogP contribution in [0.15, 0.2) is 0 Å². The molecule has 2 fully saturated rings. The maximum Gasteiger partial charge on any atom is 0.305 e. The highest BCUT2D eigenvalue weighted by Crippen LogP contribution is 2.36. The summed E-state index contributed by atoms with van der Waals surface area (Å²) in [6, 6.07) is 0. The summed E-state index contributed by atoms with van der Waals surface area (Å²) >= 11 is 0. The molecular formula is C20H36O12. The SMILES string of the molecule is CCCCCCCC(=O)OC[C@@H]1O[C@H](O[C@]2(CO)O[C@H](CO)[C@H](O)[C@H]2O)[C@H](O)[C@@H](O)[C@@H]1O. The lowest BCUT2D eigenvalue weighted by atomic mass is 9.99. The second-order valence-electron chi connectivity index (χ2n) is 8.22. The van der Waals surface area contributed by atoms with Crippen LogP contribution in [0.5, 0.6) is 0 Å². The third kappa shape index (κ3) is 6.35. The molecular weight excluding hydrogens is 432 g/mol. The molecule has 2 aliphatic heterocycles. The van der Waals surface area contributed by atoms with Crippen LogP contribution in [0.25, 0.3) is 0 Å². The van der Waals surface area contributed by atoms with Gasteiger partial charge in [0.2, 0.25) is 5.79 Å². The van der Waals surface area contributed by atoms with Crippen LogP contribution in [0.4, 0.5) is 0 Å². The van der Waals surface area contributed by atoms with E-state index in [9.17, 15) is 40.5 Å². The van der Waals surface area contributed by atoms with Gasteiger partial charge in [-0.1, -0.05) is 32.6 Å². The van der Waals surface area contributed by atoms with Gasteiger partial charge < -0.3 is 54.7 Å². The van der Waals surface area contributed by atoms with Crippen molar-refractivity contribution in [3.8, 4) is 0 Å². The van der Waals surface area contributed by atoms with Crippen LogP contribution in [0.3, 0.4) is 0 Å². The Labute approximate surface area is 186 Å². The molecule has 188 valence electrons. The normalized spacial score (nSPS) is 39.9. The van der Waals surface area contributed by atoms with Gasteiger partial charge in [0.05, 0.1) is 6.61 Å². The minimum absolute atomic E-state index is 0.186. The molecule has 2 rings (SSSR count). The van der Waals surface area contributed by atoms with E-state index >= 15 is 0 Å². The first-order valence-corrected chi connectivity index (χ1v) is 11.0. The number of rotatable bonds is 12.